The quantitative estimate of drug-likeness (QED) is 0.778. The van der Waals surface area contributed by atoms with Gasteiger partial charge in [0.15, 0.2) is 0 Å². The molecule has 25 heavy (non-hydrogen) atoms. The number of nitrogens with zero attached hydrogens (tertiary/aromatic N) is 2. The Morgan fingerprint density at radius 1 is 1.12 bits per heavy atom. The Labute approximate surface area is 145 Å². The Kier molecular flexibility index (Phi) is 5.00. The molecule has 1 fully saturated rings. The lowest BCUT2D eigenvalue weighted by Gasteiger charge is -2.33. The topological polar surface area (TPSA) is 70.8 Å². The van der Waals surface area contributed by atoms with Crippen molar-refractivity contribution in [3.05, 3.63) is 60.3 Å². The molecule has 2 aromatic rings. The molecule has 0 spiro atoms. The number of carbonyl (C=O) groups is 1. The zero-order chi connectivity index (χ0) is 17.9. The van der Waals surface area contributed by atoms with E-state index >= 15 is 0 Å². The SMILES string of the molecule is O=C(/C=C/c1ccco1)N1CCN(S(=O)(=O)c2cccc(F)c2)CC1. The number of hydrogen-bond donors (Lipinski definition) is 0. The van der Waals surface area contributed by atoms with Gasteiger partial charge in [-0.3, -0.25) is 4.79 Å². The van der Waals surface area contributed by atoms with Crippen molar-refractivity contribution in [2.45, 2.75) is 4.90 Å². The van der Waals surface area contributed by atoms with Gasteiger partial charge in [-0.1, -0.05) is 6.07 Å². The molecular weight excluding hydrogens is 347 g/mol. The maximum absolute atomic E-state index is 13.3. The standard InChI is InChI=1S/C17H17FN2O4S/c18-14-3-1-5-16(13-14)25(22,23)20-10-8-19(9-11-20)17(21)7-6-15-4-2-12-24-15/h1-7,12-13H,8-11H2/b7-6+. The average Bonchev–Trinajstić information content (AvgIpc) is 3.13. The van der Waals surface area contributed by atoms with Gasteiger partial charge in [0, 0.05) is 32.3 Å². The molecule has 0 unspecified atom stereocenters. The summed E-state index contributed by atoms with van der Waals surface area (Å²) < 4.78 is 44.7. The number of amides is 1. The zero-order valence-corrected chi connectivity index (χ0v) is 14.2. The Balaban J connectivity index is 1.62. The predicted octanol–water partition coefficient (Wildman–Crippen LogP) is 1.97. The number of rotatable bonds is 4. The summed E-state index contributed by atoms with van der Waals surface area (Å²) in [6.07, 6.45) is 4.48. The highest BCUT2D eigenvalue weighted by Crippen LogP contribution is 2.18. The Morgan fingerprint density at radius 3 is 2.52 bits per heavy atom. The highest BCUT2D eigenvalue weighted by atomic mass is 32.2. The van der Waals surface area contributed by atoms with Crippen LogP contribution in [0.2, 0.25) is 0 Å². The third-order valence-corrected chi connectivity index (χ3v) is 5.81. The Bertz CT molecular complexity index is 870. The van der Waals surface area contributed by atoms with Crippen LogP contribution in [0.4, 0.5) is 4.39 Å². The maximum atomic E-state index is 13.3. The molecule has 8 heteroatoms. The van der Waals surface area contributed by atoms with Gasteiger partial charge in [-0.25, -0.2) is 12.8 Å². The first kappa shape index (κ1) is 17.4. The minimum Gasteiger partial charge on any atom is -0.465 e. The van der Waals surface area contributed by atoms with E-state index in [1.165, 1.54) is 34.8 Å². The van der Waals surface area contributed by atoms with Crippen molar-refractivity contribution < 1.29 is 22.0 Å². The molecule has 1 amide bonds. The van der Waals surface area contributed by atoms with Gasteiger partial charge in [0.25, 0.3) is 0 Å². The number of carbonyl (C=O) groups excluding carboxylic acids is 1. The fourth-order valence-corrected chi connectivity index (χ4v) is 4.02. The van der Waals surface area contributed by atoms with Crippen molar-refractivity contribution >= 4 is 22.0 Å². The lowest BCUT2D eigenvalue weighted by Crippen LogP contribution is -2.50. The van der Waals surface area contributed by atoms with Gasteiger partial charge in [0.1, 0.15) is 11.6 Å². The summed E-state index contributed by atoms with van der Waals surface area (Å²) in [6.45, 7) is 0.879. The van der Waals surface area contributed by atoms with Crippen molar-refractivity contribution in [3.8, 4) is 0 Å². The molecule has 0 bridgehead atoms. The third kappa shape index (κ3) is 3.97. The molecule has 132 valence electrons. The molecule has 1 aliphatic heterocycles. The van der Waals surface area contributed by atoms with Gasteiger partial charge in [-0.2, -0.15) is 4.31 Å². The summed E-state index contributed by atoms with van der Waals surface area (Å²) in [6, 6.07) is 8.37. The summed E-state index contributed by atoms with van der Waals surface area (Å²) in [4.78, 5) is 13.6. The number of hydrogen-bond acceptors (Lipinski definition) is 4. The van der Waals surface area contributed by atoms with Crippen molar-refractivity contribution in [2.24, 2.45) is 0 Å². The van der Waals surface area contributed by atoms with E-state index < -0.39 is 15.8 Å². The molecule has 0 atom stereocenters. The van der Waals surface area contributed by atoms with Crippen LogP contribution >= 0.6 is 0 Å². The normalized spacial score (nSPS) is 16.4. The van der Waals surface area contributed by atoms with Gasteiger partial charge in [0.05, 0.1) is 11.2 Å². The molecule has 0 radical (unpaired) electrons. The molecule has 3 rings (SSSR count). The molecule has 1 aromatic heterocycles. The molecule has 6 nitrogen and oxygen atoms in total. The minimum atomic E-state index is -3.76. The van der Waals surface area contributed by atoms with Crippen molar-refractivity contribution in [2.75, 3.05) is 26.2 Å². The molecule has 0 N–H and O–H groups in total. The van der Waals surface area contributed by atoms with Gasteiger partial charge in [-0.05, 0) is 36.4 Å². The second-order valence-electron chi connectivity index (χ2n) is 5.54. The Morgan fingerprint density at radius 2 is 1.88 bits per heavy atom. The number of sulfonamides is 1. The first-order valence-corrected chi connectivity index (χ1v) is 9.17. The fraction of sp³-hybridized carbons (Fsp3) is 0.235. The first-order valence-electron chi connectivity index (χ1n) is 7.73. The van der Waals surface area contributed by atoms with Crippen molar-refractivity contribution in [1.82, 2.24) is 9.21 Å². The van der Waals surface area contributed by atoms with Crippen LogP contribution in [0.3, 0.4) is 0 Å². The van der Waals surface area contributed by atoms with E-state index in [9.17, 15) is 17.6 Å². The molecule has 1 saturated heterocycles. The molecule has 1 aliphatic rings. The van der Waals surface area contributed by atoms with Crippen LogP contribution in [0.5, 0.6) is 0 Å². The van der Waals surface area contributed by atoms with Crippen LogP contribution in [-0.2, 0) is 14.8 Å². The maximum Gasteiger partial charge on any atom is 0.246 e. The van der Waals surface area contributed by atoms with Crippen LogP contribution in [0, 0.1) is 5.82 Å². The van der Waals surface area contributed by atoms with E-state index in [4.69, 9.17) is 4.42 Å². The average molecular weight is 364 g/mol. The molecule has 1 aromatic carbocycles. The first-order chi connectivity index (χ1) is 12.0. The van der Waals surface area contributed by atoms with Gasteiger partial charge < -0.3 is 9.32 Å². The van der Waals surface area contributed by atoms with Gasteiger partial charge in [0.2, 0.25) is 15.9 Å². The highest BCUT2D eigenvalue weighted by Gasteiger charge is 2.29. The fourth-order valence-electron chi connectivity index (χ4n) is 2.57. The number of piperazine rings is 1. The van der Waals surface area contributed by atoms with Gasteiger partial charge in [-0.15, -0.1) is 0 Å². The summed E-state index contributed by atoms with van der Waals surface area (Å²) in [5, 5.41) is 0. The van der Waals surface area contributed by atoms with E-state index in [-0.39, 0.29) is 37.0 Å². The third-order valence-electron chi connectivity index (χ3n) is 3.92. The minimum absolute atomic E-state index is 0.0787. The van der Waals surface area contributed by atoms with E-state index in [1.807, 2.05) is 0 Å². The van der Waals surface area contributed by atoms with Crippen LogP contribution in [0.1, 0.15) is 5.76 Å². The van der Waals surface area contributed by atoms with E-state index in [0.29, 0.717) is 5.76 Å². The number of halogens is 1. The predicted molar refractivity (Wildman–Crippen MR) is 89.5 cm³/mol. The highest BCUT2D eigenvalue weighted by molar-refractivity contribution is 7.89. The van der Waals surface area contributed by atoms with E-state index in [0.717, 1.165) is 6.07 Å². The molecule has 0 aliphatic carbocycles. The largest absolute Gasteiger partial charge is 0.465 e. The van der Waals surface area contributed by atoms with Crippen LogP contribution in [-0.4, -0.2) is 49.7 Å². The second kappa shape index (κ2) is 7.20. The lowest BCUT2D eigenvalue weighted by molar-refractivity contribution is -0.127. The van der Waals surface area contributed by atoms with E-state index in [1.54, 1.807) is 23.1 Å². The van der Waals surface area contributed by atoms with E-state index in [2.05, 4.69) is 0 Å². The van der Waals surface area contributed by atoms with Crippen LogP contribution in [0.25, 0.3) is 6.08 Å². The van der Waals surface area contributed by atoms with Crippen molar-refractivity contribution in [3.63, 3.8) is 0 Å². The molecule has 0 saturated carbocycles. The zero-order valence-electron chi connectivity index (χ0n) is 13.3. The van der Waals surface area contributed by atoms with Crippen molar-refractivity contribution in [1.29, 1.82) is 0 Å². The van der Waals surface area contributed by atoms with Crippen LogP contribution in [0.15, 0.2) is 58.1 Å². The summed E-state index contributed by atoms with van der Waals surface area (Å²) in [7, 11) is -3.76. The molecule has 2 heterocycles. The Hall–Kier alpha value is -2.45. The lowest BCUT2D eigenvalue weighted by atomic mass is 10.3. The summed E-state index contributed by atoms with van der Waals surface area (Å²) in [5.74, 6) is -0.238. The number of furan rings is 1. The second-order valence-corrected chi connectivity index (χ2v) is 7.47. The smallest absolute Gasteiger partial charge is 0.246 e. The van der Waals surface area contributed by atoms with Gasteiger partial charge >= 0.3 is 0 Å². The number of benzene rings is 1. The monoisotopic (exact) mass is 364 g/mol. The summed E-state index contributed by atoms with van der Waals surface area (Å²) in [5.41, 5.74) is 0. The summed E-state index contributed by atoms with van der Waals surface area (Å²) >= 11 is 0. The van der Waals surface area contributed by atoms with Crippen LogP contribution < -0.4 is 0 Å². The molecular formula is C17H17FN2O4S.